The van der Waals surface area contributed by atoms with Crippen molar-refractivity contribution in [1.82, 2.24) is 0 Å². The Bertz CT molecular complexity index is 150. The third-order valence-electron chi connectivity index (χ3n) is 2.25. The van der Waals surface area contributed by atoms with E-state index in [1.165, 1.54) is 25.7 Å². The zero-order chi connectivity index (χ0) is 10.8. The van der Waals surface area contributed by atoms with Crippen LogP contribution in [-0.2, 0) is 0 Å². The zero-order valence-corrected chi connectivity index (χ0v) is 8.95. The predicted molar refractivity (Wildman–Crippen MR) is 55.9 cm³/mol. The Hall–Kier alpha value is -0.640. The highest BCUT2D eigenvalue weighted by Gasteiger charge is 2.09. The molecule has 14 heavy (non-hydrogen) atoms. The molecular weight excluding hydrogens is 182 g/mol. The van der Waals surface area contributed by atoms with E-state index in [1.807, 2.05) is 0 Å². The molecule has 0 rings (SSSR count). The molecule has 1 N–H and O–H groups in total. The van der Waals surface area contributed by atoms with Gasteiger partial charge in [0, 0.05) is 4.92 Å². The van der Waals surface area contributed by atoms with Crippen molar-refractivity contribution >= 4 is 0 Å². The molecule has 0 aliphatic carbocycles. The van der Waals surface area contributed by atoms with Crippen molar-refractivity contribution in [2.75, 3.05) is 6.54 Å². The number of rotatable bonds is 9. The molecule has 0 aromatic carbocycles. The molecule has 4 heteroatoms. The van der Waals surface area contributed by atoms with Crippen LogP contribution in [0.2, 0.25) is 0 Å². The van der Waals surface area contributed by atoms with Crippen molar-refractivity contribution in [2.24, 2.45) is 0 Å². The molecule has 0 amide bonds. The number of hydrogen-bond acceptors (Lipinski definition) is 3. The highest BCUT2D eigenvalue weighted by atomic mass is 16.6. The first-order chi connectivity index (χ1) is 6.66. The second-order valence-electron chi connectivity index (χ2n) is 3.73. The van der Waals surface area contributed by atoms with Crippen LogP contribution in [0.25, 0.3) is 0 Å². The third-order valence-corrected chi connectivity index (χ3v) is 2.25. The number of aliphatic hydroxyl groups excluding tert-OH is 1. The maximum Gasteiger partial charge on any atom is 0.229 e. The van der Waals surface area contributed by atoms with Crippen LogP contribution in [-0.4, -0.2) is 22.7 Å². The van der Waals surface area contributed by atoms with Gasteiger partial charge in [0.25, 0.3) is 0 Å². The van der Waals surface area contributed by atoms with Crippen molar-refractivity contribution < 1.29 is 10.0 Å². The minimum Gasteiger partial charge on any atom is -0.386 e. The Balaban J connectivity index is 3.14. The number of unbranched alkanes of at least 4 members (excludes halogenated alkanes) is 5. The second-order valence-corrected chi connectivity index (χ2v) is 3.73. The summed E-state index contributed by atoms with van der Waals surface area (Å²) in [6, 6.07) is 0. The fourth-order valence-corrected chi connectivity index (χ4v) is 1.42. The summed E-state index contributed by atoms with van der Waals surface area (Å²) in [6.45, 7) is 1.86. The third kappa shape index (κ3) is 9.45. The quantitative estimate of drug-likeness (QED) is 0.355. The summed E-state index contributed by atoms with van der Waals surface area (Å²) in [5.41, 5.74) is 0. The lowest BCUT2D eigenvalue weighted by Gasteiger charge is -2.05. The smallest absolute Gasteiger partial charge is 0.229 e. The molecule has 0 radical (unpaired) electrons. The minimum absolute atomic E-state index is 0.311. The van der Waals surface area contributed by atoms with Crippen molar-refractivity contribution in [3.63, 3.8) is 0 Å². The highest BCUT2D eigenvalue weighted by molar-refractivity contribution is 4.54. The normalized spacial score (nSPS) is 12.7. The maximum absolute atomic E-state index is 10.0. The van der Waals surface area contributed by atoms with Crippen LogP contribution in [0.5, 0.6) is 0 Å². The van der Waals surface area contributed by atoms with Crippen molar-refractivity contribution in [3.8, 4) is 0 Å². The first kappa shape index (κ1) is 13.4. The van der Waals surface area contributed by atoms with E-state index in [0.717, 1.165) is 12.8 Å². The number of aliphatic hydroxyl groups is 1. The van der Waals surface area contributed by atoms with E-state index in [-0.39, 0.29) is 6.54 Å². The fourth-order valence-electron chi connectivity index (χ4n) is 1.42. The summed E-state index contributed by atoms with van der Waals surface area (Å²) in [4.78, 5) is 9.57. The van der Waals surface area contributed by atoms with Gasteiger partial charge in [-0.15, -0.1) is 0 Å². The molecule has 0 fully saturated rings. The van der Waals surface area contributed by atoms with Crippen LogP contribution in [0.15, 0.2) is 0 Å². The Morgan fingerprint density at radius 3 is 2.36 bits per heavy atom. The van der Waals surface area contributed by atoms with Crippen LogP contribution in [0.4, 0.5) is 0 Å². The first-order valence-corrected chi connectivity index (χ1v) is 5.46. The molecule has 1 atom stereocenters. The molecule has 0 aromatic heterocycles. The van der Waals surface area contributed by atoms with Gasteiger partial charge in [0.15, 0.2) is 0 Å². The van der Waals surface area contributed by atoms with Gasteiger partial charge in [0.1, 0.15) is 6.10 Å². The van der Waals surface area contributed by atoms with Crippen LogP contribution in [0.1, 0.15) is 51.9 Å². The summed E-state index contributed by atoms with van der Waals surface area (Å²) >= 11 is 0. The summed E-state index contributed by atoms with van der Waals surface area (Å²) in [5, 5.41) is 19.2. The van der Waals surface area contributed by atoms with Crippen LogP contribution >= 0.6 is 0 Å². The van der Waals surface area contributed by atoms with E-state index in [9.17, 15) is 15.2 Å². The predicted octanol–water partition coefficient (Wildman–Crippen LogP) is 2.37. The Kier molecular flexibility index (Phi) is 8.53. The van der Waals surface area contributed by atoms with Gasteiger partial charge in [-0.25, -0.2) is 0 Å². The number of nitro groups is 1. The number of hydrogen-bond donors (Lipinski definition) is 1. The highest BCUT2D eigenvalue weighted by Crippen LogP contribution is 2.08. The largest absolute Gasteiger partial charge is 0.386 e. The topological polar surface area (TPSA) is 63.4 Å². The van der Waals surface area contributed by atoms with Crippen molar-refractivity contribution in [1.29, 1.82) is 0 Å². The zero-order valence-electron chi connectivity index (χ0n) is 8.95. The number of nitrogens with zero attached hydrogens (tertiary/aromatic N) is 1. The van der Waals surface area contributed by atoms with Gasteiger partial charge in [-0.05, 0) is 6.42 Å². The Morgan fingerprint density at radius 2 is 1.79 bits per heavy atom. The van der Waals surface area contributed by atoms with E-state index >= 15 is 0 Å². The van der Waals surface area contributed by atoms with Crippen molar-refractivity contribution in [3.05, 3.63) is 10.1 Å². The van der Waals surface area contributed by atoms with Crippen LogP contribution in [0.3, 0.4) is 0 Å². The molecule has 0 saturated heterocycles. The van der Waals surface area contributed by atoms with E-state index in [2.05, 4.69) is 6.92 Å². The van der Waals surface area contributed by atoms with E-state index in [4.69, 9.17) is 0 Å². The van der Waals surface area contributed by atoms with Gasteiger partial charge in [-0.2, -0.15) is 0 Å². The van der Waals surface area contributed by atoms with Gasteiger partial charge in [-0.3, -0.25) is 10.1 Å². The molecule has 0 aliphatic rings. The average molecular weight is 203 g/mol. The lowest BCUT2D eigenvalue weighted by Crippen LogP contribution is -2.18. The van der Waals surface area contributed by atoms with Crippen LogP contribution in [0, 0.1) is 10.1 Å². The van der Waals surface area contributed by atoms with E-state index in [0.29, 0.717) is 6.42 Å². The van der Waals surface area contributed by atoms with Gasteiger partial charge in [0.2, 0.25) is 6.54 Å². The minimum atomic E-state index is -0.754. The fraction of sp³-hybridized carbons (Fsp3) is 1.00. The average Bonchev–Trinajstić information content (AvgIpc) is 2.10. The molecule has 0 bridgehead atoms. The summed E-state index contributed by atoms with van der Waals surface area (Å²) in [7, 11) is 0. The second kappa shape index (κ2) is 8.94. The van der Waals surface area contributed by atoms with Crippen molar-refractivity contribution in [2.45, 2.75) is 58.0 Å². The monoisotopic (exact) mass is 203 g/mol. The molecule has 0 aliphatic heterocycles. The molecule has 84 valence electrons. The summed E-state index contributed by atoms with van der Waals surface area (Å²) in [5.74, 6) is 0. The van der Waals surface area contributed by atoms with Gasteiger partial charge in [0.05, 0.1) is 0 Å². The standard InChI is InChI=1S/C10H21NO3/c1-2-3-4-5-6-7-8-10(12)9-11(13)14/h10,12H,2-9H2,1H3/t10-/m1/s1. The van der Waals surface area contributed by atoms with Gasteiger partial charge < -0.3 is 5.11 Å². The molecular formula is C10H21NO3. The maximum atomic E-state index is 10.0. The SMILES string of the molecule is CCCCCCCC[C@@H](O)C[N+](=O)[O-]. The van der Waals surface area contributed by atoms with Gasteiger partial charge >= 0.3 is 0 Å². The summed E-state index contributed by atoms with van der Waals surface area (Å²) < 4.78 is 0. The Morgan fingerprint density at radius 1 is 1.21 bits per heavy atom. The molecule has 0 saturated carbocycles. The molecule has 0 heterocycles. The molecule has 0 unspecified atom stereocenters. The first-order valence-electron chi connectivity index (χ1n) is 5.46. The molecule has 0 spiro atoms. The lowest BCUT2D eigenvalue weighted by atomic mass is 10.1. The molecule has 0 aromatic rings. The van der Waals surface area contributed by atoms with Gasteiger partial charge in [-0.1, -0.05) is 45.4 Å². The van der Waals surface area contributed by atoms with E-state index in [1.54, 1.807) is 0 Å². The van der Waals surface area contributed by atoms with E-state index < -0.39 is 11.0 Å². The Labute approximate surface area is 85.5 Å². The summed E-state index contributed by atoms with van der Waals surface area (Å²) in [6.07, 6.45) is 6.69. The van der Waals surface area contributed by atoms with Crippen LogP contribution < -0.4 is 0 Å². The lowest BCUT2D eigenvalue weighted by molar-refractivity contribution is -0.490. The molecule has 4 nitrogen and oxygen atoms in total.